The highest BCUT2D eigenvalue weighted by atomic mass is 16.5. The lowest BCUT2D eigenvalue weighted by molar-refractivity contribution is 0.122. The summed E-state index contributed by atoms with van der Waals surface area (Å²) in [5.74, 6) is 1.90. The van der Waals surface area contributed by atoms with Crippen molar-refractivity contribution in [1.29, 1.82) is 0 Å². The summed E-state index contributed by atoms with van der Waals surface area (Å²) in [7, 11) is 1.67. The molecule has 0 amide bonds. The molecule has 3 heterocycles. The van der Waals surface area contributed by atoms with Crippen LogP contribution in [0, 0.1) is 6.92 Å². The lowest BCUT2D eigenvalue weighted by Gasteiger charge is -2.29. The standard InChI is InChI=1S/C28H32N6O3/c1-19(2)34-28(37-24-7-5-6-23(18-24)33-12-14-36-15-13-33)31-27(32-34)30-22-8-9-25(26(17-22)35-4)21-10-11-29-20(3)16-21/h5-11,16-19H,12-15H2,1-4H3,(H,30,32). The van der Waals surface area contributed by atoms with Crippen LogP contribution >= 0.6 is 0 Å². The van der Waals surface area contributed by atoms with E-state index < -0.39 is 0 Å². The van der Waals surface area contributed by atoms with Gasteiger partial charge in [-0.2, -0.15) is 4.98 Å². The first-order chi connectivity index (χ1) is 18.0. The fourth-order valence-corrected chi connectivity index (χ4v) is 4.29. The predicted octanol–water partition coefficient (Wildman–Crippen LogP) is 5.61. The molecule has 9 heteroatoms. The number of hydrogen-bond donors (Lipinski definition) is 1. The van der Waals surface area contributed by atoms with Gasteiger partial charge in [0.05, 0.1) is 26.4 Å². The van der Waals surface area contributed by atoms with Crippen LogP contribution in [0.2, 0.25) is 0 Å². The summed E-state index contributed by atoms with van der Waals surface area (Å²) in [6.07, 6.45) is 1.80. The number of nitrogens with one attached hydrogen (secondary N) is 1. The third-order valence-electron chi connectivity index (χ3n) is 6.16. The highest BCUT2D eigenvalue weighted by Crippen LogP contribution is 2.34. The highest BCUT2D eigenvalue weighted by Gasteiger charge is 2.17. The molecule has 0 unspecified atom stereocenters. The number of pyridine rings is 1. The van der Waals surface area contributed by atoms with E-state index >= 15 is 0 Å². The van der Waals surface area contributed by atoms with Crippen molar-refractivity contribution in [3.63, 3.8) is 0 Å². The van der Waals surface area contributed by atoms with Crippen LogP contribution in [-0.2, 0) is 4.74 Å². The Hall–Kier alpha value is -4.11. The maximum atomic E-state index is 6.21. The molecular weight excluding hydrogens is 468 g/mol. The normalized spacial score (nSPS) is 13.6. The quantitative estimate of drug-likeness (QED) is 0.334. The second-order valence-electron chi connectivity index (χ2n) is 9.18. The summed E-state index contributed by atoms with van der Waals surface area (Å²) in [4.78, 5) is 11.2. The van der Waals surface area contributed by atoms with Gasteiger partial charge in [0.2, 0.25) is 5.95 Å². The van der Waals surface area contributed by atoms with Crippen LogP contribution in [0.3, 0.4) is 0 Å². The average molecular weight is 501 g/mol. The lowest BCUT2D eigenvalue weighted by atomic mass is 10.0. The Labute approximate surface area is 217 Å². The summed E-state index contributed by atoms with van der Waals surface area (Å²) in [6, 6.07) is 18.5. The molecule has 0 saturated carbocycles. The van der Waals surface area contributed by atoms with Gasteiger partial charge in [-0.05, 0) is 62.7 Å². The third-order valence-corrected chi connectivity index (χ3v) is 6.16. The van der Waals surface area contributed by atoms with Gasteiger partial charge < -0.3 is 24.4 Å². The second-order valence-corrected chi connectivity index (χ2v) is 9.18. The van der Waals surface area contributed by atoms with Crippen molar-refractivity contribution in [2.24, 2.45) is 0 Å². The van der Waals surface area contributed by atoms with Crippen molar-refractivity contribution in [2.45, 2.75) is 26.8 Å². The lowest BCUT2D eigenvalue weighted by Crippen LogP contribution is -2.36. The summed E-state index contributed by atoms with van der Waals surface area (Å²) < 4.78 is 19.1. The van der Waals surface area contributed by atoms with E-state index in [1.165, 1.54) is 0 Å². The molecule has 2 aromatic carbocycles. The minimum atomic E-state index is 0.0623. The Morgan fingerprint density at radius 3 is 2.62 bits per heavy atom. The Balaban J connectivity index is 1.37. The molecule has 0 spiro atoms. The van der Waals surface area contributed by atoms with E-state index in [0.29, 0.717) is 17.7 Å². The summed E-state index contributed by atoms with van der Waals surface area (Å²) in [5.41, 5.74) is 4.91. The Bertz CT molecular complexity index is 1360. The number of aryl methyl sites for hydroxylation is 1. The van der Waals surface area contributed by atoms with Crippen LogP contribution in [0.1, 0.15) is 25.6 Å². The van der Waals surface area contributed by atoms with Crippen LogP contribution in [-0.4, -0.2) is 53.2 Å². The molecule has 1 aliphatic rings. The molecule has 2 aromatic heterocycles. The first kappa shape index (κ1) is 24.6. The number of aromatic nitrogens is 4. The van der Waals surface area contributed by atoms with E-state index in [9.17, 15) is 0 Å². The summed E-state index contributed by atoms with van der Waals surface area (Å²) >= 11 is 0. The van der Waals surface area contributed by atoms with Crippen molar-refractivity contribution in [3.05, 3.63) is 66.5 Å². The number of methoxy groups -OCH3 is 1. The first-order valence-electron chi connectivity index (χ1n) is 12.5. The zero-order chi connectivity index (χ0) is 25.8. The van der Waals surface area contributed by atoms with Crippen LogP contribution in [0.5, 0.6) is 17.5 Å². The van der Waals surface area contributed by atoms with E-state index in [0.717, 1.165) is 60.2 Å². The van der Waals surface area contributed by atoms with Gasteiger partial charge in [0.25, 0.3) is 0 Å². The molecule has 1 fully saturated rings. The first-order valence-corrected chi connectivity index (χ1v) is 12.5. The zero-order valence-corrected chi connectivity index (χ0v) is 21.6. The maximum Gasteiger partial charge on any atom is 0.322 e. The number of benzene rings is 2. The van der Waals surface area contributed by atoms with E-state index in [-0.39, 0.29) is 6.04 Å². The molecule has 5 rings (SSSR count). The van der Waals surface area contributed by atoms with Crippen molar-refractivity contribution in [2.75, 3.05) is 43.6 Å². The van der Waals surface area contributed by atoms with E-state index in [4.69, 9.17) is 14.2 Å². The van der Waals surface area contributed by atoms with Gasteiger partial charge in [-0.1, -0.05) is 6.07 Å². The van der Waals surface area contributed by atoms with Crippen molar-refractivity contribution < 1.29 is 14.2 Å². The van der Waals surface area contributed by atoms with Gasteiger partial charge in [0.15, 0.2) is 0 Å². The number of anilines is 3. The van der Waals surface area contributed by atoms with Crippen molar-refractivity contribution in [3.8, 4) is 28.6 Å². The van der Waals surface area contributed by atoms with Gasteiger partial charge in [0.1, 0.15) is 11.5 Å². The van der Waals surface area contributed by atoms with E-state index in [1.54, 1.807) is 18.0 Å². The topological polar surface area (TPSA) is 86.6 Å². The van der Waals surface area contributed by atoms with E-state index in [1.807, 2.05) is 69.3 Å². The summed E-state index contributed by atoms with van der Waals surface area (Å²) in [6.45, 7) is 9.26. The smallest absolute Gasteiger partial charge is 0.322 e. The summed E-state index contributed by atoms with van der Waals surface area (Å²) in [5, 5.41) is 7.95. The fourth-order valence-electron chi connectivity index (χ4n) is 4.29. The second kappa shape index (κ2) is 10.9. The number of rotatable bonds is 8. The Kier molecular flexibility index (Phi) is 7.23. The van der Waals surface area contributed by atoms with Gasteiger partial charge in [-0.15, -0.1) is 5.10 Å². The van der Waals surface area contributed by atoms with Gasteiger partial charge >= 0.3 is 6.01 Å². The molecule has 0 radical (unpaired) electrons. The third kappa shape index (κ3) is 5.67. The zero-order valence-electron chi connectivity index (χ0n) is 21.6. The van der Waals surface area contributed by atoms with Crippen LogP contribution in [0.25, 0.3) is 11.1 Å². The maximum absolute atomic E-state index is 6.21. The van der Waals surface area contributed by atoms with Gasteiger partial charge in [-0.25, -0.2) is 4.68 Å². The molecule has 192 valence electrons. The Morgan fingerprint density at radius 1 is 1.03 bits per heavy atom. The van der Waals surface area contributed by atoms with Crippen LogP contribution in [0.4, 0.5) is 17.3 Å². The molecule has 37 heavy (non-hydrogen) atoms. The van der Waals surface area contributed by atoms with Crippen LogP contribution < -0.4 is 19.7 Å². The minimum Gasteiger partial charge on any atom is -0.496 e. The molecule has 0 bridgehead atoms. The monoisotopic (exact) mass is 500 g/mol. The molecule has 1 saturated heterocycles. The van der Waals surface area contributed by atoms with Crippen LogP contribution in [0.15, 0.2) is 60.8 Å². The van der Waals surface area contributed by atoms with Crippen molar-refractivity contribution in [1.82, 2.24) is 19.7 Å². The number of hydrogen-bond acceptors (Lipinski definition) is 8. The highest BCUT2D eigenvalue weighted by molar-refractivity contribution is 5.74. The molecule has 9 nitrogen and oxygen atoms in total. The molecule has 4 aromatic rings. The molecule has 1 N–H and O–H groups in total. The van der Waals surface area contributed by atoms with Gasteiger partial charge in [-0.3, -0.25) is 4.98 Å². The molecule has 0 atom stereocenters. The minimum absolute atomic E-state index is 0.0623. The molecular formula is C28H32N6O3. The SMILES string of the molecule is COc1cc(Nc2nc(Oc3cccc(N4CCOCC4)c3)n(C(C)C)n2)ccc1-c1ccnc(C)c1. The number of morpholine rings is 1. The number of nitrogens with zero attached hydrogens (tertiary/aromatic N) is 5. The average Bonchev–Trinajstić information content (AvgIpc) is 3.31. The molecule has 0 aliphatic carbocycles. The number of ether oxygens (including phenoxy) is 3. The largest absolute Gasteiger partial charge is 0.496 e. The Morgan fingerprint density at radius 2 is 1.86 bits per heavy atom. The van der Waals surface area contributed by atoms with E-state index in [2.05, 4.69) is 31.3 Å². The predicted molar refractivity (Wildman–Crippen MR) is 144 cm³/mol. The van der Waals surface area contributed by atoms with Gasteiger partial charge in [0, 0.05) is 54.1 Å². The molecule has 1 aliphatic heterocycles. The van der Waals surface area contributed by atoms with Crippen molar-refractivity contribution >= 4 is 17.3 Å². The fraction of sp³-hybridized carbons (Fsp3) is 0.321.